The van der Waals surface area contributed by atoms with Crippen molar-refractivity contribution in [1.82, 2.24) is 19.9 Å². The Balaban J connectivity index is 1.85. The monoisotopic (exact) mass is 362 g/mol. The summed E-state index contributed by atoms with van der Waals surface area (Å²) in [6, 6.07) is 15.9. The first-order valence-electron chi connectivity index (χ1n) is 9.13. The number of benzene rings is 1. The van der Waals surface area contributed by atoms with E-state index in [9.17, 15) is 0 Å². The summed E-state index contributed by atoms with van der Waals surface area (Å²) < 4.78 is 0. The van der Waals surface area contributed by atoms with Crippen LogP contribution in [0.4, 0.5) is 17.5 Å². The molecule has 0 aliphatic rings. The van der Waals surface area contributed by atoms with Gasteiger partial charge in [0.2, 0.25) is 5.95 Å². The van der Waals surface area contributed by atoms with Crippen LogP contribution >= 0.6 is 0 Å². The number of pyridine rings is 1. The quantitative estimate of drug-likeness (QED) is 0.592. The minimum atomic E-state index is 0.605. The van der Waals surface area contributed by atoms with E-state index in [1.807, 2.05) is 42.5 Å². The summed E-state index contributed by atoms with van der Waals surface area (Å²) in [5.41, 5.74) is 3.80. The van der Waals surface area contributed by atoms with Crippen LogP contribution in [0.3, 0.4) is 0 Å². The third kappa shape index (κ3) is 5.49. The van der Waals surface area contributed by atoms with Crippen molar-refractivity contribution in [1.29, 1.82) is 0 Å². The summed E-state index contributed by atoms with van der Waals surface area (Å²) >= 11 is 0. The van der Waals surface area contributed by atoms with E-state index in [0.29, 0.717) is 5.95 Å². The number of para-hydroxylation sites is 1. The summed E-state index contributed by atoms with van der Waals surface area (Å²) in [5, 5.41) is 6.74. The third-order valence-electron chi connectivity index (χ3n) is 4.13. The molecule has 0 bridgehead atoms. The van der Waals surface area contributed by atoms with Gasteiger partial charge in [-0.1, -0.05) is 24.3 Å². The summed E-state index contributed by atoms with van der Waals surface area (Å²) in [6.45, 7) is 3.90. The van der Waals surface area contributed by atoms with Crippen molar-refractivity contribution in [3.8, 4) is 11.4 Å². The second-order valence-electron chi connectivity index (χ2n) is 6.70. The largest absolute Gasteiger partial charge is 0.354 e. The van der Waals surface area contributed by atoms with E-state index < -0.39 is 0 Å². The van der Waals surface area contributed by atoms with Crippen LogP contribution in [0.25, 0.3) is 11.4 Å². The number of aryl methyl sites for hydroxylation is 1. The molecule has 6 heteroatoms. The van der Waals surface area contributed by atoms with E-state index >= 15 is 0 Å². The van der Waals surface area contributed by atoms with Crippen LogP contribution in [0.5, 0.6) is 0 Å². The number of aromatic nitrogens is 3. The predicted molar refractivity (Wildman–Crippen MR) is 111 cm³/mol. The van der Waals surface area contributed by atoms with Crippen LogP contribution in [0, 0.1) is 6.92 Å². The molecule has 27 heavy (non-hydrogen) atoms. The van der Waals surface area contributed by atoms with Crippen LogP contribution in [0.2, 0.25) is 0 Å². The maximum atomic E-state index is 4.65. The lowest BCUT2D eigenvalue weighted by Gasteiger charge is -2.13. The zero-order valence-electron chi connectivity index (χ0n) is 16.1. The van der Waals surface area contributed by atoms with Crippen LogP contribution in [-0.2, 0) is 0 Å². The summed E-state index contributed by atoms with van der Waals surface area (Å²) in [5.74, 6) is 1.35. The molecule has 3 aromatic rings. The molecule has 0 saturated heterocycles. The molecule has 3 rings (SSSR count). The normalized spacial score (nSPS) is 10.8. The Morgan fingerprint density at radius 1 is 0.963 bits per heavy atom. The molecule has 2 heterocycles. The van der Waals surface area contributed by atoms with E-state index in [4.69, 9.17) is 0 Å². The summed E-state index contributed by atoms with van der Waals surface area (Å²) in [4.78, 5) is 15.9. The fourth-order valence-electron chi connectivity index (χ4n) is 2.68. The lowest BCUT2D eigenvalue weighted by Crippen LogP contribution is -2.17. The Labute approximate surface area is 160 Å². The van der Waals surface area contributed by atoms with Gasteiger partial charge in [-0.15, -0.1) is 0 Å². The Bertz CT molecular complexity index is 864. The maximum absolute atomic E-state index is 4.65. The Morgan fingerprint density at radius 2 is 1.78 bits per heavy atom. The van der Waals surface area contributed by atoms with Crippen LogP contribution in [0.1, 0.15) is 12.0 Å². The molecule has 0 spiro atoms. The smallest absolute Gasteiger partial charge is 0.225 e. The first kappa shape index (κ1) is 18.8. The van der Waals surface area contributed by atoms with Gasteiger partial charge in [0.1, 0.15) is 5.82 Å². The van der Waals surface area contributed by atoms with Gasteiger partial charge in [0.25, 0.3) is 0 Å². The maximum Gasteiger partial charge on any atom is 0.225 e. The van der Waals surface area contributed by atoms with E-state index in [1.165, 1.54) is 0 Å². The van der Waals surface area contributed by atoms with E-state index in [2.05, 4.69) is 57.6 Å². The Kier molecular flexibility index (Phi) is 6.33. The molecule has 0 atom stereocenters. The highest BCUT2D eigenvalue weighted by atomic mass is 15.1. The molecular formula is C21H26N6. The number of hydrogen-bond donors (Lipinski definition) is 2. The van der Waals surface area contributed by atoms with Crippen LogP contribution in [-0.4, -0.2) is 47.0 Å². The highest BCUT2D eigenvalue weighted by molar-refractivity contribution is 5.66. The van der Waals surface area contributed by atoms with Gasteiger partial charge in [0, 0.05) is 24.5 Å². The lowest BCUT2D eigenvalue weighted by molar-refractivity contribution is 0.405. The van der Waals surface area contributed by atoms with Gasteiger partial charge in [0.05, 0.1) is 11.4 Å². The molecular weight excluding hydrogens is 336 g/mol. The first-order chi connectivity index (χ1) is 13.1. The Hall–Kier alpha value is -2.99. The molecule has 2 N–H and O–H groups in total. The molecule has 0 fully saturated rings. The number of nitrogens with one attached hydrogen (secondary N) is 2. The van der Waals surface area contributed by atoms with Crippen LogP contribution in [0.15, 0.2) is 54.7 Å². The zero-order valence-corrected chi connectivity index (χ0v) is 16.1. The minimum absolute atomic E-state index is 0.605. The van der Waals surface area contributed by atoms with Gasteiger partial charge < -0.3 is 15.5 Å². The highest BCUT2D eigenvalue weighted by Crippen LogP contribution is 2.23. The third-order valence-corrected chi connectivity index (χ3v) is 4.13. The number of hydrogen-bond acceptors (Lipinski definition) is 6. The minimum Gasteiger partial charge on any atom is -0.354 e. The number of rotatable bonds is 8. The average Bonchev–Trinajstić information content (AvgIpc) is 2.67. The number of nitrogens with zero attached hydrogens (tertiary/aromatic N) is 4. The molecule has 1 aromatic carbocycles. The van der Waals surface area contributed by atoms with E-state index in [-0.39, 0.29) is 0 Å². The Morgan fingerprint density at radius 3 is 2.52 bits per heavy atom. The molecule has 0 saturated carbocycles. The van der Waals surface area contributed by atoms with Gasteiger partial charge in [-0.2, -0.15) is 4.98 Å². The fourth-order valence-corrected chi connectivity index (χ4v) is 2.68. The topological polar surface area (TPSA) is 66.0 Å². The van der Waals surface area contributed by atoms with E-state index in [1.54, 1.807) is 6.20 Å². The van der Waals surface area contributed by atoms with Crippen molar-refractivity contribution in [3.63, 3.8) is 0 Å². The van der Waals surface area contributed by atoms with Crippen molar-refractivity contribution in [3.05, 3.63) is 60.3 Å². The van der Waals surface area contributed by atoms with Gasteiger partial charge in [-0.05, 0) is 57.7 Å². The van der Waals surface area contributed by atoms with Gasteiger partial charge >= 0.3 is 0 Å². The summed E-state index contributed by atoms with van der Waals surface area (Å²) in [7, 11) is 4.14. The molecule has 6 nitrogen and oxygen atoms in total. The molecule has 0 aliphatic heterocycles. The van der Waals surface area contributed by atoms with Crippen molar-refractivity contribution in [2.24, 2.45) is 0 Å². The SMILES string of the molecule is Cc1ccccc1Nc1cc(-c2ccccn2)nc(NCCCN(C)C)n1. The molecule has 0 radical (unpaired) electrons. The van der Waals surface area contributed by atoms with E-state index in [0.717, 1.165) is 48.0 Å². The summed E-state index contributed by atoms with van der Waals surface area (Å²) in [6.07, 6.45) is 2.79. The van der Waals surface area contributed by atoms with Gasteiger partial charge in [-0.25, -0.2) is 4.98 Å². The standard InChI is InChI=1S/C21H26N6/c1-16-9-4-5-10-17(16)24-20-15-19(18-11-6-7-12-22-18)25-21(26-20)23-13-8-14-27(2)3/h4-7,9-12,15H,8,13-14H2,1-3H3,(H2,23,24,25,26). The average molecular weight is 362 g/mol. The fraction of sp³-hybridized carbons (Fsp3) is 0.286. The molecule has 0 amide bonds. The zero-order chi connectivity index (χ0) is 19.1. The second kappa shape index (κ2) is 9.09. The molecule has 0 unspecified atom stereocenters. The van der Waals surface area contributed by atoms with Gasteiger partial charge in [0.15, 0.2) is 0 Å². The van der Waals surface area contributed by atoms with Gasteiger partial charge in [-0.3, -0.25) is 4.98 Å². The van der Waals surface area contributed by atoms with Crippen molar-refractivity contribution in [2.75, 3.05) is 37.8 Å². The van der Waals surface area contributed by atoms with Crippen molar-refractivity contribution in [2.45, 2.75) is 13.3 Å². The molecule has 0 aliphatic carbocycles. The molecule has 2 aromatic heterocycles. The van der Waals surface area contributed by atoms with Crippen LogP contribution < -0.4 is 10.6 Å². The lowest BCUT2D eigenvalue weighted by atomic mass is 10.2. The number of anilines is 3. The van der Waals surface area contributed by atoms with Crippen molar-refractivity contribution < 1.29 is 0 Å². The molecule has 140 valence electrons. The van der Waals surface area contributed by atoms with Crippen molar-refractivity contribution >= 4 is 17.5 Å². The predicted octanol–water partition coefficient (Wildman–Crippen LogP) is 3.95. The highest BCUT2D eigenvalue weighted by Gasteiger charge is 2.09. The first-order valence-corrected chi connectivity index (χ1v) is 9.13. The second-order valence-corrected chi connectivity index (χ2v) is 6.70.